The highest BCUT2D eigenvalue weighted by Crippen LogP contribution is 2.51. The number of nitrogens with one attached hydrogen (secondary N) is 1. The number of isocyanates is 1. The maximum Gasteiger partial charge on any atom is 0.412 e. The molecule has 4 fully saturated rings. The molecule has 2 aliphatic heterocycles. The molecule has 8 rings (SSSR count). The zero-order valence-electron chi connectivity index (χ0n) is 33.3. The number of aryl methyl sites for hydroxylation is 4. The van der Waals surface area contributed by atoms with Crippen LogP contribution in [-0.2, 0) is 28.6 Å². The monoisotopic (exact) mass is 752 g/mol. The molecule has 2 N–H and O–H groups in total. The Hall–Kier alpha value is -4.69. The summed E-state index contributed by atoms with van der Waals surface area (Å²) in [5, 5.41) is 13.5. The third-order valence-electron chi connectivity index (χ3n) is 11.8. The van der Waals surface area contributed by atoms with Crippen molar-refractivity contribution in [1.29, 1.82) is 0 Å². The van der Waals surface area contributed by atoms with Crippen molar-refractivity contribution in [3.05, 3.63) is 80.3 Å². The maximum absolute atomic E-state index is 12.9. The Morgan fingerprint density at radius 1 is 0.764 bits per heavy atom. The van der Waals surface area contributed by atoms with Crippen molar-refractivity contribution in [1.82, 2.24) is 5.32 Å². The van der Waals surface area contributed by atoms with Gasteiger partial charge in [0, 0.05) is 13.1 Å². The molecule has 0 aromatic heterocycles. The molecule has 6 aliphatic rings. The van der Waals surface area contributed by atoms with E-state index in [9.17, 15) is 19.5 Å². The van der Waals surface area contributed by atoms with E-state index >= 15 is 0 Å². The minimum Gasteiger partial charge on any atom is -0.507 e. The second-order valence-corrected chi connectivity index (χ2v) is 16.1. The average Bonchev–Trinajstić information content (AvgIpc) is 4.08. The van der Waals surface area contributed by atoms with Gasteiger partial charge in [0.05, 0.1) is 0 Å². The van der Waals surface area contributed by atoms with Gasteiger partial charge in [0.15, 0.2) is 22.7 Å². The molecule has 2 heterocycles. The van der Waals surface area contributed by atoms with Crippen LogP contribution in [0.3, 0.4) is 0 Å². The number of ether oxygens (including phenoxy) is 3. The van der Waals surface area contributed by atoms with Crippen LogP contribution < -0.4 is 5.32 Å². The number of hydrogen-bond acceptors (Lipinski definition) is 9. The van der Waals surface area contributed by atoms with Crippen molar-refractivity contribution < 1.29 is 38.5 Å². The third-order valence-corrected chi connectivity index (χ3v) is 11.8. The van der Waals surface area contributed by atoms with Gasteiger partial charge < -0.3 is 24.6 Å². The molecule has 4 aliphatic carbocycles. The lowest BCUT2D eigenvalue weighted by Gasteiger charge is -2.31. The van der Waals surface area contributed by atoms with Crippen LogP contribution >= 0.6 is 0 Å². The quantitative estimate of drug-likeness (QED) is 0.123. The average molecular weight is 753 g/mol. The molecular formula is C45H56N2O8. The number of nitrogens with zero attached hydrogens (tertiary/aromatic N) is 1. The number of aliphatic hydroxyl groups excluding tert-OH is 1. The van der Waals surface area contributed by atoms with E-state index < -0.39 is 17.3 Å². The summed E-state index contributed by atoms with van der Waals surface area (Å²) >= 11 is 0. The molecule has 0 bridgehead atoms. The number of carbonyl (C=O) groups is 3. The van der Waals surface area contributed by atoms with Crippen molar-refractivity contribution in [2.45, 2.75) is 148 Å². The molecule has 2 aromatic rings. The highest BCUT2D eigenvalue weighted by Gasteiger charge is 2.53. The van der Waals surface area contributed by atoms with Crippen LogP contribution in [0.25, 0.3) is 11.1 Å². The molecule has 10 heteroatoms. The first-order chi connectivity index (χ1) is 26.4. The zero-order valence-corrected chi connectivity index (χ0v) is 33.3. The topological polar surface area (TPSA) is 141 Å². The lowest BCUT2D eigenvalue weighted by molar-refractivity contribution is -0.149. The van der Waals surface area contributed by atoms with Crippen LogP contribution in [0, 0.1) is 27.7 Å². The number of benzene rings is 2. The third kappa shape index (κ3) is 8.30. The van der Waals surface area contributed by atoms with Gasteiger partial charge in [0.2, 0.25) is 6.08 Å². The fourth-order valence-electron chi connectivity index (χ4n) is 8.94. The van der Waals surface area contributed by atoms with Crippen LogP contribution in [0.1, 0.15) is 154 Å². The van der Waals surface area contributed by atoms with Gasteiger partial charge in [-0.1, -0.05) is 30.7 Å². The molecule has 2 spiro atoms. The summed E-state index contributed by atoms with van der Waals surface area (Å²) in [7, 11) is 0. The van der Waals surface area contributed by atoms with Crippen LogP contribution in [0.5, 0.6) is 0 Å². The van der Waals surface area contributed by atoms with Crippen molar-refractivity contribution in [2.75, 3.05) is 13.1 Å². The summed E-state index contributed by atoms with van der Waals surface area (Å²) < 4.78 is 17.3. The highest BCUT2D eigenvalue weighted by molar-refractivity contribution is 6.21. The van der Waals surface area contributed by atoms with Gasteiger partial charge in [0.25, 0.3) is 0 Å². The number of rotatable bonds is 7. The Morgan fingerprint density at radius 3 is 1.64 bits per heavy atom. The maximum atomic E-state index is 12.9. The molecule has 0 atom stereocenters. The number of amides is 1. The molecule has 294 valence electrons. The molecular weight excluding hydrogens is 697 g/mol. The van der Waals surface area contributed by atoms with Gasteiger partial charge in [-0.25, -0.2) is 24.2 Å². The van der Waals surface area contributed by atoms with Crippen molar-refractivity contribution >= 4 is 35.3 Å². The number of esters is 2. The summed E-state index contributed by atoms with van der Waals surface area (Å²) in [6.45, 7) is 12.8. The van der Waals surface area contributed by atoms with Gasteiger partial charge in [-0.2, -0.15) is 0 Å². The summed E-state index contributed by atoms with van der Waals surface area (Å²) in [5.41, 5.74) is 7.94. The van der Waals surface area contributed by atoms with Crippen LogP contribution in [0.4, 0.5) is 4.79 Å². The summed E-state index contributed by atoms with van der Waals surface area (Å²) in [4.78, 5) is 50.0. The van der Waals surface area contributed by atoms with Crippen molar-refractivity contribution in [3.63, 3.8) is 0 Å². The Labute approximate surface area is 324 Å². The highest BCUT2D eigenvalue weighted by atomic mass is 16.6. The molecule has 10 nitrogen and oxygen atoms in total. The Kier molecular flexibility index (Phi) is 12.1. The smallest absolute Gasteiger partial charge is 0.412 e. The normalized spacial score (nSPS) is 20.6. The van der Waals surface area contributed by atoms with E-state index in [1.54, 1.807) is 6.92 Å². The minimum atomic E-state index is -0.786. The molecule has 55 heavy (non-hydrogen) atoms. The second-order valence-electron chi connectivity index (χ2n) is 16.1. The molecule has 4 saturated carbocycles. The van der Waals surface area contributed by atoms with Crippen molar-refractivity contribution in [3.8, 4) is 0 Å². The fourth-order valence-corrected chi connectivity index (χ4v) is 8.94. The molecule has 0 radical (unpaired) electrons. The largest absolute Gasteiger partial charge is 0.507 e. The first kappa shape index (κ1) is 40.0. The SMILES string of the molecule is CCN=C=O.CCNC(=O)OC1=C(c2c(C)cc(C3CC3)cc2C)C(=O)OC12CCCC2.Cc1cc(C2CC2)cc(C)c1C1=C(O)C2(CCCCC2)OC1=O. The van der Waals surface area contributed by atoms with Gasteiger partial charge in [0.1, 0.15) is 11.1 Å². The Balaban J connectivity index is 0.000000168. The standard InChI is InChI=1S/C22H27NO4.C20H24O3.C3H5NO/c1-4-23-21(25)26-19-18(20(24)27-22(19)9-5-6-10-22)17-13(2)11-16(12-14(17)3)15-7-8-15;1-12-10-15(14-6-7-14)11-13(2)16(12)17-18(21)20(23-19(17)22)8-4-3-5-9-20;1-2-4-3-5/h11-12,15H,4-10H2,1-3H3,(H,23,25);10-11,14,21H,3-9H2,1-2H3;2H2,1H3. The van der Waals surface area contributed by atoms with E-state index in [2.05, 4.69) is 34.6 Å². The Bertz CT molecular complexity index is 1900. The van der Waals surface area contributed by atoms with Gasteiger partial charge in [-0.15, -0.1) is 0 Å². The molecule has 0 unspecified atom stereocenters. The minimum absolute atomic E-state index is 0.174. The molecule has 1 amide bonds. The van der Waals surface area contributed by atoms with E-state index in [1.807, 2.05) is 34.6 Å². The Morgan fingerprint density at radius 2 is 1.20 bits per heavy atom. The summed E-state index contributed by atoms with van der Waals surface area (Å²) in [6.07, 6.45) is 13.8. The number of alkyl carbamates (subject to hydrolysis) is 1. The van der Waals surface area contributed by atoms with E-state index in [1.165, 1.54) is 42.9 Å². The van der Waals surface area contributed by atoms with Gasteiger partial charge in [-0.3, -0.25) is 0 Å². The van der Waals surface area contributed by atoms with Crippen LogP contribution in [0.15, 0.2) is 40.8 Å². The van der Waals surface area contributed by atoms with E-state index in [-0.39, 0.29) is 17.7 Å². The second kappa shape index (κ2) is 16.6. The molecule has 0 saturated heterocycles. The summed E-state index contributed by atoms with van der Waals surface area (Å²) in [5.74, 6) is 1.18. The zero-order chi connectivity index (χ0) is 39.5. The van der Waals surface area contributed by atoms with E-state index in [0.717, 1.165) is 78.3 Å². The van der Waals surface area contributed by atoms with Crippen molar-refractivity contribution in [2.24, 2.45) is 4.99 Å². The lowest BCUT2D eigenvalue weighted by atomic mass is 9.81. The first-order valence-corrected chi connectivity index (χ1v) is 20.3. The first-order valence-electron chi connectivity index (χ1n) is 20.3. The van der Waals surface area contributed by atoms with Gasteiger partial charge >= 0.3 is 18.0 Å². The predicted molar refractivity (Wildman–Crippen MR) is 210 cm³/mol. The number of aliphatic imine (C=N–C) groups is 1. The fraction of sp³-hybridized carbons (Fsp3) is 0.556. The number of aliphatic hydroxyl groups is 1. The predicted octanol–water partition coefficient (Wildman–Crippen LogP) is 9.56. The number of hydrogen-bond donors (Lipinski definition) is 2. The van der Waals surface area contributed by atoms with Crippen LogP contribution in [-0.4, -0.2) is 53.5 Å². The van der Waals surface area contributed by atoms with E-state index in [0.29, 0.717) is 54.7 Å². The van der Waals surface area contributed by atoms with Gasteiger partial charge in [-0.05, 0) is 175 Å². The van der Waals surface area contributed by atoms with Crippen LogP contribution in [0.2, 0.25) is 0 Å². The number of carbonyl (C=O) groups excluding carboxylic acids is 4. The summed E-state index contributed by atoms with van der Waals surface area (Å²) in [6, 6.07) is 8.70. The lowest BCUT2D eigenvalue weighted by Crippen LogP contribution is -2.34. The van der Waals surface area contributed by atoms with E-state index in [4.69, 9.17) is 19.0 Å². The molecule has 2 aromatic carbocycles.